The van der Waals surface area contributed by atoms with Crippen molar-refractivity contribution in [3.63, 3.8) is 0 Å². The molecule has 0 atom stereocenters. The summed E-state index contributed by atoms with van der Waals surface area (Å²) in [5.41, 5.74) is 0. The van der Waals surface area contributed by atoms with Crippen molar-refractivity contribution in [3.05, 3.63) is 40.6 Å². The van der Waals surface area contributed by atoms with E-state index in [1.54, 1.807) is 12.3 Å². The van der Waals surface area contributed by atoms with Crippen LogP contribution in [0.5, 0.6) is 0 Å². The van der Waals surface area contributed by atoms with Gasteiger partial charge in [0.05, 0.1) is 17.2 Å². The van der Waals surface area contributed by atoms with Gasteiger partial charge in [-0.3, -0.25) is 4.84 Å². The summed E-state index contributed by atoms with van der Waals surface area (Å²) in [5.74, 6) is 0.844. The Bertz CT molecular complexity index is 606. The van der Waals surface area contributed by atoms with Crippen molar-refractivity contribution < 1.29 is 17.7 Å². The van der Waals surface area contributed by atoms with Crippen LogP contribution < -0.4 is 4.89 Å². The lowest BCUT2D eigenvalue weighted by atomic mass is 10.3. The molecule has 1 N–H and O–H groups in total. The van der Waals surface area contributed by atoms with Gasteiger partial charge in [0.1, 0.15) is 9.97 Å². The smallest absolute Gasteiger partial charge is 0.271 e. The van der Waals surface area contributed by atoms with Crippen molar-refractivity contribution >= 4 is 33.0 Å². The highest BCUT2D eigenvalue weighted by molar-refractivity contribution is 7.91. The molecule has 0 saturated carbocycles. The molecule has 0 fully saturated rings. The number of furan rings is 1. The Morgan fingerprint density at radius 1 is 1.37 bits per heavy atom. The Hall–Kier alpha value is -0.860. The van der Waals surface area contributed by atoms with Crippen LogP contribution in [0.2, 0.25) is 4.34 Å². The molecule has 0 spiro atoms. The maximum atomic E-state index is 11.7. The highest BCUT2D eigenvalue weighted by Crippen LogP contribution is 2.25. The molecule has 104 valence electrons. The third-order valence-electron chi connectivity index (χ3n) is 2.23. The van der Waals surface area contributed by atoms with Gasteiger partial charge < -0.3 is 4.42 Å². The second-order valence-electron chi connectivity index (χ2n) is 3.68. The minimum atomic E-state index is -3.64. The molecule has 0 bridgehead atoms. The van der Waals surface area contributed by atoms with E-state index in [1.165, 1.54) is 12.1 Å². The molecule has 8 heteroatoms. The van der Waals surface area contributed by atoms with Crippen LogP contribution in [-0.4, -0.2) is 15.0 Å². The molecular weight excluding hydrogens is 310 g/mol. The van der Waals surface area contributed by atoms with Gasteiger partial charge in [-0.15, -0.1) is 11.3 Å². The summed E-state index contributed by atoms with van der Waals surface area (Å²) in [6, 6.07) is 6.62. The molecule has 5 nitrogen and oxygen atoms in total. The van der Waals surface area contributed by atoms with E-state index in [2.05, 4.69) is 4.89 Å². The second-order valence-corrected chi connectivity index (χ2v) is 7.26. The number of thiophene rings is 1. The molecule has 19 heavy (non-hydrogen) atoms. The number of hydrogen-bond acceptors (Lipinski definition) is 5. The Balaban J connectivity index is 1.73. The fourth-order valence-electron chi connectivity index (χ4n) is 1.38. The van der Waals surface area contributed by atoms with Crippen LogP contribution in [0.25, 0.3) is 0 Å². The van der Waals surface area contributed by atoms with Crippen LogP contribution in [0.3, 0.4) is 0 Å². The summed E-state index contributed by atoms with van der Waals surface area (Å²) < 4.78 is 29.2. The first kappa shape index (κ1) is 14.5. The van der Waals surface area contributed by atoms with Crippen LogP contribution in [0.15, 0.2) is 39.2 Å². The Labute approximate surface area is 120 Å². The molecule has 0 aliphatic carbocycles. The fraction of sp³-hybridized carbons (Fsp3) is 0.273. The minimum absolute atomic E-state index is 0.128. The molecule has 2 heterocycles. The molecule has 0 saturated heterocycles. The summed E-state index contributed by atoms with van der Waals surface area (Å²) in [5, 5.41) is 0. The van der Waals surface area contributed by atoms with E-state index in [0.29, 0.717) is 17.2 Å². The Kier molecular flexibility index (Phi) is 5.00. The minimum Gasteiger partial charge on any atom is -0.469 e. The highest BCUT2D eigenvalue weighted by atomic mass is 35.5. The van der Waals surface area contributed by atoms with Crippen molar-refractivity contribution in [3.8, 4) is 0 Å². The summed E-state index contributed by atoms with van der Waals surface area (Å²) in [6.07, 6.45) is 2.94. The number of nitrogens with one attached hydrogen (secondary N) is 1. The number of aryl methyl sites for hydroxylation is 1. The van der Waals surface area contributed by atoms with E-state index >= 15 is 0 Å². The van der Waals surface area contributed by atoms with E-state index in [9.17, 15) is 8.42 Å². The van der Waals surface area contributed by atoms with E-state index in [-0.39, 0.29) is 10.8 Å². The molecule has 0 unspecified atom stereocenters. The second kappa shape index (κ2) is 6.53. The quantitative estimate of drug-likeness (QED) is 0.629. The van der Waals surface area contributed by atoms with Gasteiger partial charge in [0.15, 0.2) is 0 Å². The van der Waals surface area contributed by atoms with Crippen molar-refractivity contribution in [2.24, 2.45) is 0 Å². The molecule has 2 aromatic rings. The van der Waals surface area contributed by atoms with Crippen molar-refractivity contribution in [1.82, 2.24) is 4.89 Å². The predicted molar refractivity (Wildman–Crippen MR) is 72.6 cm³/mol. The zero-order valence-corrected chi connectivity index (χ0v) is 12.2. The van der Waals surface area contributed by atoms with Gasteiger partial charge in [0, 0.05) is 6.42 Å². The topological polar surface area (TPSA) is 68.5 Å². The van der Waals surface area contributed by atoms with E-state index in [4.69, 9.17) is 20.9 Å². The lowest BCUT2D eigenvalue weighted by Gasteiger charge is -2.04. The Morgan fingerprint density at radius 2 is 2.21 bits per heavy atom. The van der Waals surface area contributed by atoms with Gasteiger partial charge in [-0.25, -0.2) is 8.42 Å². The lowest BCUT2D eigenvalue weighted by molar-refractivity contribution is 0.0907. The lowest BCUT2D eigenvalue weighted by Crippen LogP contribution is -2.23. The third kappa shape index (κ3) is 4.32. The van der Waals surface area contributed by atoms with E-state index in [1.807, 2.05) is 6.07 Å². The molecule has 0 radical (unpaired) electrons. The van der Waals surface area contributed by atoms with Crippen LogP contribution in [0.4, 0.5) is 0 Å². The average Bonchev–Trinajstić information content (AvgIpc) is 3.00. The highest BCUT2D eigenvalue weighted by Gasteiger charge is 2.16. The van der Waals surface area contributed by atoms with Gasteiger partial charge in [-0.05, 0) is 30.7 Å². The summed E-state index contributed by atoms with van der Waals surface area (Å²) >= 11 is 6.66. The molecular formula is C11H12ClNO4S2. The first-order valence-corrected chi connectivity index (χ1v) is 8.17. The van der Waals surface area contributed by atoms with Gasteiger partial charge in [-0.1, -0.05) is 16.5 Å². The fourth-order valence-corrected chi connectivity index (χ4v) is 3.67. The van der Waals surface area contributed by atoms with Crippen molar-refractivity contribution in [1.29, 1.82) is 0 Å². The maximum absolute atomic E-state index is 11.7. The summed E-state index contributed by atoms with van der Waals surface area (Å²) in [7, 11) is -3.64. The summed E-state index contributed by atoms with van der Waals surface area (Å²) in [4.78, 5) is 7.01. The Morgan fingerprint density at radius 3 is 2.84 bits per heavy atom. The largest absolute Gasteiger partial charge is 0.469 e. The van der Waals surface area contributed by atoms with Crippen LogP contribution >= 0.6 is 22.9 Å². The normalized spacial score (nSPS) is 11.8. The van der Waals surface area contributed by atoms with Gasteiger partial charge in [-0.2, -0.15) is 0 Å². The van der Waals surface area contributed by atoms with Crippen molar-refractivity contribution in [2.75, 3.05) is 6.61 Å². The van der Waals surface area contributed by atoms with Gasteiger partial charge >= 0.3 is 0 Å². The molecule has 2 rings (SSSR count). The van der Waals surface area contributed by atoms with Gasteiger partial charge in [0.2, 0.25) is 0 Å². The van der Waals surface area contributed by atoms with Crippen molar-refractivity contribution in [2.45, 2.75) is 17.1 Å². The first-order valence-electron chi connectivity index (χ1n) is 5.49. The number of hydrogen-bond donors (Lipinski definition) is 1. The SMILES string of the molecule is O=S(=O)(NOCCCc1ccco1)c1ccc(Cl)s1. The van der Waals surface area contributed by atoms with Crippen LogP contribution in [0.1, 0.15) is 12.2 Å². The molecule has 0 aliphatic heterocycles. The zero-order chi connectivity index (χ0) is 13.7. The van der Waals surface area contributed by atoms with E-state index < -0.39 is 10.0 Å². The monoisotopic (exact) mass is 321 g/mol. The molecule has 0 aromatic carbocycles. The zero-order valence-electron chi connectivity index (χ0n) is 9.84. The van der Waals surface area contributed by atoms with Crippen LogP contribution in [-0.2, 0) is 21.3 Å². The maximum Gasteiger partial charge on any atom is 0.271 e. The molecule has 0 aliphatic rings. The van der Waals surface area contributed by atoms with Crippen LogP contribution in [0, 0.1) is 0 Å². The number of halogens is 1. The van der Waals surface area contributed by atoms with Gasteiger partial charge in [0.25, 0.3) is 10.0 Å². The average molecular weight is 322 g/mol. The summed E-state index contributed by atoms with van der Waals surface area (Å²) in [6.45, 7) is 0.263. The number of sulfonamides is 1. The number of rotatable bonds is 7. The first-order chi connectivity index (χ1) is 9.08. The third-order valence-corrected chi connectivity index (χ3v) is 5.17. The van der Waals surface area contributed by atoms with E-state index in [0.717, 1.165) is 17.1 Å². The standard InChI is InChI=1S/C11H12ClNO4S2/c12-10-5-6-11(18-10)19(14,15)13-17-8-2-4-9-3-1-7-16-9/h1,3,5-7,13H,2,4,8H2. The molecule has 2 aromatic heterocycles. The molecule has 0 amide bonds. The predicted octanol–water partition coefficient (Wildman–Crippen LogP) is 2.84.